The van der Waals surface area contributed by atoms with Gasteiger partial charge in [0.15, 0.2) is 0 Å². The first-order valence-electron chi connectivity index (χ1n) is 5.52. The average Bonchev–Trinajstić information content (AvgIpc) is 2.44. The van der Waals surface area contributed by atoms with Gasteiger partial charge in [0.25, 0.3) is 0 Å². The minimum Gasteiger partial charge on any atom is -0.478 e. The molecule has 0 spiro atoms. The fraction of sp³-hybridized carbons (Fsp3) is 0.500. The van der Waals surface area contributed by atoms with Crippen LogP contribution in [-0.4, -0.2) is 27.6 Å². The van der Waals surface area contributed by atoms with Gasteiger partial charge in [-0.1, -0.05) is 0 Å². The molecule has 1 amide bonds. The number of aryl methyl sites for hydroxylation is 1. The molecule has 0 bridgehead atoms. The van der Waals surface area contributed by atoms with E-state index in [9.17, 15) is 9.59 Å². The Hall–Kier alpha value is -1.78. The number of aromatic nitrogens is 1. The minimum absolute atomic E-state index is 0.0811. The maximum Gasteiger partial charge on any atom is 0.337 e. The van der Waals surface area contributed by atoms with Gasteiger partial charge in [-0.15, -0.1) is 0 Å². The summed E-state index contributed by atoms with van der Waals surface area (Å²) in [7, 11) is 0. The van der Waals surface area contributed by atoms with Crippen molar-refractivity contribution in [1.29, 1.82) is 0 Å². The molecule has 0 saturated carbocycles. The Kier molecular flexibility index (Phi) is 3.93. The van der Waals surface area contributed by atoms with Crippen molar-refractivity contribution in [1.82, 2.24) is 9.88 Å². The van der Waals surface area contributed by atoms with Gasteiger partial charge in [0.05, 0.1) is 5.56 Å². The molecule has 5 heteroatoms. The van der Waals surface area contributed by atoms with Gasteiger partial charge in [0.2, 0.25) is 5.91 Å². The van der Waals surface area contributed by atoms with Crippen molar-refractivity contribution in [2.75, 3.05) is 0 Å². The Morgan fingerprint density at radius 2 is 2.00 bits per heavy atom. The van der Waals surface area contributed by atoms with Crippen LogP contribution in [0, 0.1) is 13.8 Å². The van der Waals surface area contributed by atoms with E-state index in [1.54, 1.807) is 24.5 Å². The number of carboxylic acid groups (broad SMARTS) is 1. The predicted molar refractivity (Wildman–Crippen MR) is 64.1 cm³/mol. The van der Waals surface area contributed by atoms with E-state index in [0.717, 1.165) is 5.69 Å². The van der Waals surface area contributed by atoms with Crippen LogP contribution in [0.25, 0.3) is 0 Å². The van der Waals surface area contributed by atoms with Gasteiger partial charge < -0.3 is 15.0 Å². The molecule has 0 fully saturated rings. The summed E-state index contributed by atoms with van der Waals surface area (Å²) in [5.41, 5.74) is 1.63. The number of amides is 1. The number of nitrogens with zero attached hydrogens (tertiary/aromatic N) is 1. The van der Waals surface area contributed by atoms with Gasteiger partial charge in [-0.05, 0) is 33.8 Å². The smallest absolute Gasteiger partial charge is 0.337 e. The van der Waals surface area contributed by atoms with Crippen LogP contribution in [0.2, 0.25) is 0 Å². The van der Waals surface area contributed by atoms with Crippen LogP contribution in [0.15, 0.2) is 6.07 Å². The Labute approximate surface area is 100 Å². The van der Waals surface area contributed by atoms with E-state index in [1.165, 1.54) is 0 Å². The molecule has 1 aromatic heterocycles. The van der Waals surface area contributed by atoms with E-state index in [0.29, 0.717) is 5.69 Å². The SMILES string of the molecule is Cc1cc(C(=O)O)c(C)n1CC(=O)NC(C)C. The summed E-state index contributed by atoms with van der Waals surface area (Å²) in [5.74, 6) is -1.08. The highest BCUT2D eigenvalue weighted by atomic mass is 16.4. The third-order valence-electron chi connectivity index (χ3n) is 2.56. The molecule has 0 unspecified atom stereocenters. The van der Waals surface area contributed by atoms with E-state index in [1.807, 2.05) is 13.8 Å². The van der Waals surface area contributed by atoms with Gasteiger partial charge >= 0.3 is 5.97 Å². The second-order valence-corrected chi connectivity index (χ2v) is 4.40. The molecule has 0 atom stereocenters. The molecule has 94 valence electrons. The molecule has 0 aliphatic carbocycles. The lowest BCUT2D eigenvalue weighted by Crippen LogP contribution is -2.33. The number of carboxylic acids is 1. The summed E-state index contributed by atoms with van der Waals surface area (Å²) in [6.07, 6.45) is 0. The summed E-state index contributed by atoms with van der Waals surface area (Å²) in [6.45, 7) is 7.43. The van der Waals surface area contributed by atoms with Crippen molar-refractivity contribution in [2.24, 2.45) is 0 Å². The van der Waals surface area contributed by atoms with Crippen LogP contribution in [0.1, 0.15) is 35.6 Å². The zero-order valence-electron chi connectivity index (χ0n) is 10.6. The first-order valence-corrected chi connectivity index (χ1v) is 5.52. The van der Waals surface area contributed by atoms with E-state index in [-0.39, 0.29) is 24.1 Å². The Bertz CT molecular complexity index is 447. The first-order chi connectivity index (χ1) is 7.82. The van der Waals surface area contributed by atoms with Gasteiger partial charge in [-0.25, -0.2) is 4.79 Å². The maximum atomic E-state index is 11.6. The van der Waals surface area contributed by atoms with E-state index < -0.39 is 5.97 Å². The predicted octanol–water partition coefficient (Wildman–Crippen LogP) is 1.33. The minimum atomic E-state index is -0.964. The second kappa shape index (κ2) is 5.03. The second-order valence-electron chi connectivity index (χ2n) is 4.40. The Morgan fingerprint density at radius 1 is 1.41 bits per heavy atom. The third-order valence-corrected chi connectivity index (χ3v) is 2.56. The number of hydrogen-bond donors (Lipinski definition) is 2. The molecule has 0 aromatic carbocycles. The fourth-order valence-corrected chi connectivity index (χ4v) is 1.77. The van der Waals surface area contributed by atoms with E-state index in [2.05, 4.69) is 5.32 Å². The zero-order valence-corrected chi connectivity index (χ0v) is 10.6. The molecule has 1 rings (SSSR count). The number of carbonyl (C=O) groups excluding carboxylic acids is 1. The molecule has 5 nitrogen and oxygen atoms in total. The number of carbonyl (C=O) groups is 2. The lowest BCUT2D eigenvalue weighted by atomic mass is 10.2. The summed E-state index contributed by atoms with van der Waals surface area (Å²) in [6, 6.07) is 1.66. The van der Waals surface area contributed by atoms with Crippen LogP contribution in [0.5, 0.6) is 0 Å². The summed E-state index contributed by atoms with van der Waals surface area (Å²) >= 11 is 0. The lowest BCUT2D eigenvalue weighted by Gasteiger charge is -2.12. The molecule has 2 N–H and O–H groups in total. The van der Waals surface area contributed by atoms with Crippen molar-refractivity contribution >= 4 is 11.9 Å². The average molecular weight is 238 g/mol. The highest BCUT2D eigenvalue weighted by Gasteiger charge is 2.16. The van der Waals surface area contributed by atoms with E-state index in [4.69, 9.17) is 5.11 Å². The summed E-state index contributed by atoms with van der Waals surface area (Å²) in [5, 5.41) is 11.7. The molecule has 0 aliphatic rings. The standard InChI is InChI=1S/C12H18N2O3/c1-7(2)13-11(15)6-14-8(3)5-10(9(14)4)12(16)17/h5,7H,6H2,1-4H3,(H,13,15)(H,16,17). The number of nitrogens with one attached hydrogen (secondary N) is 1. The van der Waals surface area contributed by atoms with Crippen LogP contribution >= 0.6 is 0 Å². The number of hydrogen-bond acceptors (Lipinski definition) is 2. The maximum absolute atomic E-state index is 11.6. The highest BCUT2D eigenvalue weighted by molar-refractivity contribution is 5.89. The Morgan fingerprint density at radius 3 is 2.41 bits per heavy atom. The largest absolute Gasteiger partial charge is 0.478 e. The fourth-order valence-electron chi connectivity index (χ4n) is 1.77. The monoisotopic (exact) mass is 238 g/mol. The number of aromatic carboxylic acids is 1. The molecule has 0 saturated heterocycles. The highest BCUT2D eigenvalue weighted by Crippen LogP contribution is 2.14. The normalized spacial score (nSPS) is 10.6. The van der Waals surface area contributed by atoms with Crippen molar-refractivity contribution in [2.45, 2.75) is 40.3 Å². The molecule has 17 heavy (non-hydrogen) atoms. The van der Waals surface area contributed by atoms with Crippen molar-refractivity contribution in [3.8, 4) is 0 Å². The van der Waals surface area contributed by atoms with Crippen molar-refractivity contribution < 1.29 is 14.7 Å². The molecule has 1 aromatic rings. The topological polar surface area (TPSA) is 71.3 Å². The third kappa shape index (κ3) is 3.09. The molecular formula is C12H18N2O3. The van der Waals surface area contributed by atoms with Gasteiger partial charge in [0.1, 0.15) is 6.54 Å². The van der Waals surface area contributed by atoms with Gasteiger partial charge in [-0.2, -0.15) is 0 Å². The van der Waals surface area contributed by atoms with Crippen LogP contribution in [0.3, 0.4) is 0 Å². The molecule has 0 aliphatic heterocycles. The van der Waals surface area contributed by atoms with Crippen molar-refractivity contribution in [3.63, 3.8) is 0 Å². The number of rotatable bonds is 4. The summed E-state index contributed by atoms with van der Waals surface area (Å²) < 4.78 is 1.71. The molecule has 1 heterocycles. The van der Waals surface area contributed by atoms with Crippen molar-refractivity contribution in [3.05, 3.63) is 23.0 Å². The molecule has 0 radical (unpaired) electrons. The van der Waals surface area contributed by atoms with Crippen LogP contribution < -0.4 is 5.32 Å². The van der Waals surface area contributed by atoms with Gasteiger partial charge in [0, 0.05) is 17.4 Å². The van der Waals surface area contributed by atoms with E-state index >= 15 is 0 Å². The Balaban J connectivity index is 2.92. The zero-order chi connectivity index (χ0) is 13.2. The first kappa shape index (κ1) is 13.3. The quantitative estimate of drug-likeness (QED) is 0.831. The van der Waals surface area contributed by atoms with Gasteiger partial charge in [-0.3, -0.25) is 4.79 Å². The lowest BCUT2D eigenvalue weighted by molar-refractivity contribution is -0.122. The summed E-state index contributed by atoms with van der Waals surface area (Å²) in [4.78, 5) is 22.6. The molecular weight excluding hydrogens is 220 g/mol. The van der Waals surface area contributed by atoms with Crippen LogP contribution in [0.4, 0.5) is 0 Å². The van der Waals surface area contributed by atoms with Crippen LogP contribution in [-0.2, 0) is 11.3 Å².